The van der Waals surface area contributed by atoms with E-state index in [1.54, 1.807) is 18.2 Å². The highest BCUT2D eigenvalue weighted by atomic mass is 19.1. The summed E-state index contributed by atoms with van der Waals surface area (Å²) in [4.78, 5) is 11.9. The Labute approximate surface area is 96.7 Å². The van der Waals surface area contributed by atoms with Crippen LogP contribution in [0.1, 0.15) is 15.9 Å². The molecule has 2 aromatic carbocycles. The Hall–Kier alpha value is -2.23. The van der Waals surface area contributed by atoms with Crippen LogP contribution in [-0.4, -0.2) is 5.78 Å². The summed E-state index contributed by atoms with van der Waals surface area (Å²) in [5.74, 6) is -2.02. The Morgan fingerprint density at radius 1 is 0.941 bits per heavy atom. The summed E-state index contributed by atoms with van der Waals surface area (Å²) in [7, 11) is 0. The van der Waals surface area contributed by atoms with Crippen LogP contribution >= 0.6 is 0 Å². The van der Waals surface area contributed by atoms with E-state index in [1.165, 1.54) is 6.07 Å². The molecule has 0 aliphatic heterocycles. The molecule has 0 saturated carbocycles. The molecule has 0 aliphatic rings. The third kappa shape index (κ3) is 2.47. The van der Waals surface area contributed by atoms with Crippen molar-refractivity contribution in [3.05, 3.63) is 65.2 Å². The molecule has 0 unspecified atom stereocenters. The summed E-state index contributed by atoms with van der Waals surface area (Å²) in [6.07, 6.45) is 0. The molecule has 2 rings (SSSR count). The van der Waals surface area contributed by atoms with Gasteiger partial charge in [-0.25, -0.2) is 8.78 Å². The van der Waals surface area contributed by atoms with Gasteiger partial charge in [0.05, 0.1) is 0 Å². The normalized spacial score (nSPS) is 10.2. The van der Waals surface area contributed by atoms with Crippen LogP contribution in [0.25, 0.3) is 0 Å². The summed E-state index contributed by atoms with van der Waals surface area (Å²) in [5.41, 5.74) is 6.22. The van der Waals surface area contributed by atoms with Gasteiger partial charge in [-0.3, -0.25) is 4.79 Å². The molecule has 0 aliphatic carbocycles. The summed E-state index contributed by atoms with van der Waals surface area (Å²) < 4.78 is 25.9. The number of carbonyl (C=O) groups excluding carboxylic acids is 1. The lowest BCUT2D eigenvalue weighted by Gasteiger charge is -2.03. The maximum atomic E-state index is 13.0. The van der Waals surface area contributed by atoms with Crippen LogP contribution in [0.15, 0.2) is 42.5 Å². The fraction of sp³-hybridized carbons (Fsp3) is 0. The van der Waals surface area contributed by atoms with Gasteiger partial charge in [0.2, 0.25) is 0 Å². The van der Waals surface area contributed by atoms with Gasteiger partial charge in [0, 0.05) is 22.9 Å². The highest BCUT2D eigenvalue weighted by Gasteiger charge is 2.11. The molecule has 2 aromatic rings. The number of anilines is 1. The molecular formula is C13H9F2NO. The molecule has 2 N–H and O–H groups in total. The van der Waals surface area contributed by atoms with Gasteiger partial charge in [-0.05, 0) is 24.3 Å². The van der Waals surface area contributed by atoms with Crippen LogP contribution in [0, 0.1) is 11.6 Å². The van der Waals surface area contributed by atoms with Gasteiger partial charge in [0.1, 0.15) is 11.6 Å². The van der Waals surface area contributed by atoms with E-state index in [0.717, 1.165) is 18.2 Å². The van der Waals surface area contributed by atoms with Crippen molar-refractivity contribution >= 4 is 11.5 Å². The SMILES string of the molecule is Nc1cccc(C(=O)c2cc(F)cc(F)c2)c1. The zero-order valence-electron chi connectivity index (χ0n) is 8.78. The van der Waals surface area contributed by atoms with Crippen molar-refractivity contribution in [2.75, 3.05) is 5.73 Å². The van der Waals surface area contributed by atoms with Gasteiger partial charge < -0.3 is 5.73 Å². The van der Waals surface area contributed by atoms with Crippen molar-refractivity contribution in [3.63, 3.8) is 0 Å². The van der Waals surface area contributed by atoms with E-state index < -0.39 is 17.4 Å². The number of rotatable bonds is 2. The molecule has 0 heterocycles. The van der Waals surface area contributed by atoms with E-state index in [1.807, 2.05) is 0 Å². The standard InChI is InChI=1S/C13H9F2NO/c14-10-4-9(5-11(15)7-10)13(17)8-2-1-3-12(16)6-8/h1-7H,16H2. The number of hydrogen-bond acceptors (Lipinski definition) is 2. The van der Waals surface area contributed by atoms with E-state index in [2.05, 4.69) is 0 Å². The van der Waals surface area contributed by atoms with Crippen LogP contribution in [-0.2, 0) is 0 Å². The molecule has 4 heteroatoms. The second-order valence-corrected chi connectivity index (χ2v) is 3.61. The highest BCUT2D eigenvalue weighted by Crippen LogP contribution is 2.15. The van der Waals surface area contributed by atoms with Crippen molar-refractivity contribution in [3.8, 4) is 0 Å². The molecule has 0 bridgehead atoms. The van der Waals surface area contributed by atoms with Crippen molar-refractivity contribution in [2.45, 2.75) is 0 Å². The first kappa shape index (κ1) is 11.3. The third-order valence-corrected chi connectivity index (χ3v) is 2.27. The van der Waals surface area contributed by atoms with Crippen LogP contribution in [0.2, 0.25) is 0 Å². The summed E-state index contributed by atoms with van der Waals surface area (Å²) in [6.45, 7) is 0. The van der Waals surface area contributed by atoms with E-state index in [4.69, 9.17) is 5.73 Å². The summed E-state index contributed by atoms with van der Waals surface area (Å²) >= 11 is 0. The lowest BCUT2D eigenvalue weighted by molar-refractivity contribution is 0.103. The second-order valence-electron chi connectivity index (χ2n) is 3.61. The van der Waals surface area contributed by atoms with E-state index in [9.17, 15) is 13.6 Å². The zero-order chi connectivity index (χ0) is 12.4. The number of carbonyl (C=O) groups is 1. The van der Waals surface area contributed by atoms with E-state index in [-0.39, 0.29) is 5.56 Å². The Kier molecular flexibility index (Phi) is 2.87. The zero-order valence-corrected chi connectivity index (χ0v) is 8.78. The third-order valence-electron chi connectivity index (χ3n) is 2.27. The molecule has 17 heavy (non-hydrogen) atoms. The summed E-state index contributed by atoms with van der Waals surface area (Å²) in [6, 6.07) is 8.95. The molecule has 86 valence electrons. The van der Waals surface area contributed by atoms with Gasteiger partial charge in [-0.15, -0.1) is 0 Å². The van der Waals surface area contributed by atoms with Crippen molar-refractivity contribution in [2.24, 2.45) is 0 Å². The first-order valence-corrected chi connectivity index (χ1v) is 4.92. The van der Waals surface area contributed by atoms with Crippen molar-refractivity contribution in [1.29, 1.82) is 0 Å². The van der Waals surface area contributed by atoms with Gasteiger partial charge in [0.15, 0.2) is 5.78 Å². The quantitative estimate of drug-likeness (QED) is 0.640. The van der Waals surface area contributed by atoms with Crippen LogP contribution in [0.5, 0.6) is 0 Å². The number of ketones is 1. The Morgan fingerprint density at radius 3 is 2.18 bits per heavy atom. The fourth-order valence-corrected chi connectivity index (χ4v) is 1.53. The molecule has 0 spiro atoms. The number of hydrogen-bond donors (Lipinski definition) is 1. The minimum Gasteiger partial charge on any atom is -0.399 e. The predicted molar refractivity (Wildman–Crippen MR) is 60.6 cm³/mol. The molecule has 0 amide bonds. The second kappa shape index (κ2) is 4.33. The number of nitrogens with two attached hydrogens (primary N) is 1. The lowest BCUT2D eigenvalue weighted by atomic mass is 10.0. The van der Waals surface area contributed by atoms with Gasteiger partial charge in [0.25, 0.3) is 0 Å². The van der Waals surface area contributed by atoms with Gasteiger partial charge in [-0.2, -0.15) is 0 Å². The summed E-state index contributed by atoms with van der Waals surface area (Å²) in [5, 5.41) is 0. The van der Waals surface area contributed by atoms with Gasteiger partial charge >= 0.3 is 0 Å². The maximum absolute atomic E-state index is 13.0. The minimum absolute atomic E-state index is 0.0342. The average Bonchev–Trinajstić information content (AvgIpc) is 2.26. The topological polar surface area (TPSA) is 43.1 Å². The lowest BCUT2D eigenvalue weighted by Crippen LogP contribution is -2.03. The minimum atomic E-state index is -0.780. The van der Waals surface area contributed by atoms with Crippen LogP contribution in [0.4, 0.5) is 14.5 Å². The first-order valence-electron chi connectivity index (χ1n) is 4.92. The smallest absolute Gasteiger partial charge is 0.193 e. The van der Waals surface area contributed by atoms with Gasteiger partial charge in [-0.1, -0.05) is 12.1 Å². The maximum Gasteiger partial charge on any atom is 0.193 e. The van der Waals surface area contributed by atoms with Crippen molar-refractivity contribution < 1.29 is 13.6 Å². The van der Waals surface area contributed by atoms with E-state index >= 15 is 0 Å². The molecule has 0 atom stereocenters. The molecule has 2 nitrogen and oxygen atoms in total. The Bertz CT molecular complexity index is 561. The predicted octanol–water partition coefficient (Wildman–Crippen LogP) is 2.78. The highest BCUT2D eigenvalue weighted by molar-refractivity contribution is 6.09. The number of halogens is 2. The van der Waals surface area contributed by atoms with Crippen LogP contribution < -0.4 is 5.73 Å². The first-order chi connectivity index (χ1) is 8.06. The molecular weight excluding hydrogens is 224 g/mol. The number of nitrogen functional groups attached to an aromatic ring is 1. The largest absolute Gasteiger partial charge is 0.399 e. The monoisotopic (exact) mass is 233 g/mol. The molecule has 0 fully saturated rings. The number of benzene rings is 2. The molecule has 0 radical (unpaired) electrons. The fourth-order valence-electron chi connectivity index (χ4n) is 1.53. The Balaban J connectivity index is 2.43. The van der Waals surface area contributed by atoms with Crippen molar-refractivity contribution in [1.82, 2.24) is 0 Å². The Morgan fingerprint density at radius 2 is 1.59 bits per heavy atom. The van der Waals surface area contributed by atoms with Crippen LogP contribution in [0.3, 0.4) is 0 Å². The molecule has 0 saturated heterocycles. The molecule has 0 aromatic heterocycles. The van der Waals surface area contributed by atoms with E-state index in [0.29, 0.717) is 11.3 Å². The average molecular weight is 233 g/mol.